The Kier molecular flexibility index (Phi) is 6.67. The SMILES string of the molecule is CSc1ncccc1C(=O)O[C@@H](C(=O)Nc1cc(C)ccc1C)c1ccccc1. The zero-order chi connectivity index (χ0) is 20.8. The van der Waals surface area contributed by atoms with Crippen molar-refractivity contribution in [2.45, 2.75) is 25.0 Å². The first-order valence-electron chi connectivity index (χ1n) is 9.12. The number of aromatic nitrogens is 1. The van der Waals surface area contributed by atoms with Gasteiger partial charge in [0.2, 0.25) is 6.10 Å². The molecule has 0 unspecified atom stereocenters. The van der Waals surface area contributed by atoms with E-state index in [0.29, 0.717) is 21.8 Å². The third kappa shape index (κ3) is 5.03. The topological polar surface area (TPSA) is 68.3 Å². The number of nitrogens with zero attached hydrogens (tertiary/aromatic N) is 1. The molecule has 2 aromatic carbocycles. The predicted octanol–water partition coefficient (Wildman–Crippen LogP) is 4.96. The van der Waals surface area contributed by atoms with Gasteiger partial charge in [-0.05, 0) is 49.4 Å². The second kappa shape index (κ2) is 9.39. The predicted molar refractivity (Wildman–Crippen MR) is 115 cm³/mol. The summed E-state index contributed by atoms with van der Waals surface area (Å²) in [4.78, 5) is 30.1. The van der Waals surface area contributed by atoms with Crippen LogP contribution in [0, 0.1) is 13.8 Å². The van der Waals surface area contributed by atoms with Crippen LogP contribution in [0.15, 0.2) is 71.9 Å². The number of benzene rings is 2. The summed E-state index contributed by atoms with van der Waals surface area (Å²) in [5.74, 6) is -1.000. The third-order valence-electron chi connectivity index (χ3n) is 4.40. The van der Waals surface area contributed by atoms with Crippen LogP contribution in [-0.2, 0) is 9.53 Å². The van der Waals surface area contributed by atoms with Crippen LogP contribution in [0.5, 0.6) is 0 Å². The lowest BCUT2D eigenvalue weighted by Gasteiger charge is -2.19. The van der Waals surface area contributed by atoms with Gasteiger partial charge in [0.15, 0.2) is 0 Å². The van der Waals surface area contributed by atoms with Crippen molar-refractivity contribution in [3.05, 3.63) is 89.1 Å². The highest BCUT2D eigenvalue weighted by molar-refractivity contribution is 7.98. The zero-order valence-corrected chi connectivity index (χ0v) is 17.3. The van der Waals surface area contributed by atoms with Crippen molar-refractivity contribution >= 4 is 29.3 Å². The first-order chi connectivity index (χ1) is 14.0. The first kappa shape index (κ1) is 20.6. The van der Waals surface area contributed by atoms with Crippen LogP contribution in [0.4, 0.5) is 5.69 Å². The number of pyridine rings is 1. The van der Waals surface area contributed by atoms with E-state index >= 15 is 0 Å². The van der Waals surface area contributed by atoms with Crippen molar-refractivity contribution in [3.8, 4) is 0 Å². The molecule has 0 fully saturated rings. The summed E-state index contributed by atoms with van der Waals surface area (Å²) in [6.45, 7) is 3.87. The van der Waals surface area contributed by atoms with Gasteiger partial charge in [-0.2, -0.15) is 0 Å². The van der Waals surface area contributed by atoms with E-state index in [1.54, 1.807) is 42.6 Å². The van der Waals surface area contributed by atoms with Crippen molar-refractivity contribution in [3.63, 3.8) is 0 Å². The molecule has 3 aromatic rings. The van der Waals surface area contributed by atoms with E-state index in [1.807, 2.05) is 44.4 Å². The molecule has 0 aliphatic heterocycles. The summed E-state index contributed by atoms with van der Waals surface area (Å²) in [5, 5.41) is 3.45. The van der Waals surface area contributed by atoms with Crippen molar-refractivity contribution in [2.75, 3.05) is 11.6 Å². The summed E-state index contributed by atoms with van der Waals surface area (Å²) >= 11 is 1.35. The number of thioether (sulfide) groups is 1. The lowest BCUT2D eigenvalue weighted by atomic mass is 10.1. The Morgan fingerprint density at radius 2 is 1.79 bits per heavy atom. The first-order valence-corrected chi connectivity index (χ1v) is 10.3. The fourth-order valence-electron chi connectivity index (χ4n) is 2.85. The van der Waals surface area contributed by atoms with Gasteiger partial charge in [0.05, 0.1) is 5.56 Å². The molecular weight excluding hydrogens is 384 g/mol. The van der Waals surface area contributed by atoms with Crippen LogP contribution in [0.25, 0.3) is 0 Å². The Bertz CT molecular complexity index is 1020. The summed E-state index contributed by atoms with van der Waals surface area (Å²) < 4.78 is 5.66. The van der Waals surface area contributed by atoms with Gasteiger partial charge in [0, 0.05) is 17.4 Å². The number of esters is 1. The minimum Gasteiger partial charge on any atom is -0.444 e. The van der Waals surface area contributed by atoms with Gasteiger partial charge in [-0.25, -0.2) is 9.78 Å². The monoisotopic (exact) mass is 406 g/mol. The van der Waals surface area contributed by atoms with Gasteiger partial charge < -0.3 is 10.1 Å². The van der Waals surface area contributed by atoms with Crippen LogP contribution in [0.1, 0.15) is 33.2 Å². The van der Waals surface area contributed by atoms with E-state index in [-0.39, 0.29) is 0 Å². The van der Waals surface area contributed by atoms with Crippen molar-refractivity contribution in [1.82, 2.24) is 4.98 Å². The molecule has 1 N–H and O–H groups in total. The highest BCUT2D eigenvalue weighted by Crippen LogP contribution is 2.25. The fraction of sp³-hybridized carbons (Fsp3) is 0.174. The Labute approximate surface area is 174 Å². The molecule has 0 radical (unpaired) electrons. The van der Waals surface area contributed by atoms with Gasteiger partial charge in [-0.1, -0.05) is 42.5 Å². The molecule has 6 heteroatoms. The quantitative estimate of drug-likeness (QED) is 0.463. The molecule has 1 heterocycles. The molecular formula is C23H22N2O3S. The summed E-state index contributed by atoms with van der Waals surface area (Å²) in [5.41, 5.74) is 3.58. The third-order valence-corrected chi connectivity index (χ3v) is 5.11. The normalized spacial score (nSPS) is 11.6. The molecule has 0 saturated carbocycles. The lowest BCUT2D eigenvalue weighted by molar-refractivity contribution is -0.125. The Balaban J connectivity index is 1.90. The van der Waals surface area contributed by atoms with E-state index < -0.39 is 18.0 Å². The highest BCUT2D eigenvalue weighted by Gasteiger charge is 2.27. The Morgan fingerprint density at radius 1 is 1.03 bits per heavy atom. The van der Waals surface area contributed by atoms with Crippen LogP contribution in [0.3, 0.4) is 0 Å². The largest absolute Gasteiger partial charge is 0.444 e. The Hall–Kier alpha value is -3.12. The molecule has 3 rings (SSSR count). The second-order valence-electron chi connectivity index (χ2n) is 6.56. The van der Waals surface area contributed by atoms with Crippen LogP contribution < -0.4 is 5.32 Å². The van der Waals surface area contributed by atoms with Crippen LogP contribution in [0.2, 0.25) is 0 Å². The molecule has 0 saturated heterocycles. The number of rotatable bonds is 6. The van der Waals surface area contributed by atoms with Gasteiger partial charge >= 0.3 is 5.97 Å². The average molecular weight is 407 g/mol. The van der Waals surface area contributed by atoms with Crippen LogP contribution >= 0.6 is 11.8 Å². The van der Waals surface area contributed by atoms with Gasteiger partial charge in [0.1, 0.15) is 5.03 Å². The minimum atomic E-state index is -1.08. The molecule has 5 nitrogen and oxygen atoms in total. The van der Waals surface area contributed by atoms with Crippen molar-refractivity contribution in [1.29, 1.82) is 0 Å². The number of aryl methyl sites for hydroxylation is 2. The summed E-state index contributed by atoms with van der Waals surface area (Å²) in [7, 11) is 0. The maximum absolute atomic E-state index is 13.1. The molecule has 1 amide bonds. The molecule has 0 aliphatic carbocycles. The van der Waals surface area contributed by atoms with Crippen LogP contribution in [-0.4, -0.2) is 23.1 Å². The number of nitrogens with one attached hydrogen (secondary N) is 1. The molecule has 0 spiro atoms. The number of hydrogen-bond acceptors (Lipinski definition) is 5. The standard InChI is InChI=1S/C23H22N2O3S/c1-15-11-12-16(2)19(14-15)25-21(26)20(17-8-5-4-6-9-17)28-23(27)18-10-7-13-24-22(18)29-3/h4-14,20H,1-3H3,(H,25,26)/t20-/m1/s1. The summed E-state index contributed by atoms with van der Waals surface area (Å²) in [6, 6.07) is 18.1. The molecule has 148 valence electrons. The van der Waals surface area contributed by atoms with Crippen molar-refractivity contribution in [2.24, 2.45) is 0 Å². The molecule has 1 atom stereocenters. The zero-order valence-electron chi connectivity index (χ0n) is 16.5. The van der Waals surface area contributed by atoms with E-state index in [0.717, 1.165) is 11.1 Å². The highest BCUT2D eigenvalue weighted by atomic mass is 32.2. The van der Waals surface area contributed by atoms with Gasteiger partial charge in [-0.3, -0.25) is 4.79 Å². The second-order valence-corrected chi connectivity index (χ2v) is 7.36. The number of anilines is 1. The molecule has 0 bridgehead atoms. The number of amides is 1. The smallest absolute Gasteiger partial charge is 0.342 e. The van der Waals surface area contributed by atoms with E-state index in [4.69, 9.17) is 4.74 Å². The summed E-state index contributed by atoms with van der Waals surface area (Å²) in [6.07, 6.45) is 2.37. The van der Waals surface area contributed by atoms with Gasteiger partial charge in [0.25, 0.3) is 5.91 Å². The van der Waals surface area contributed by atoms with E-state index in [2.05, 4.69) is 10.3 Å². The minimum absolute atomic E-state index is 0.334. The lowest BCUT2D eigenvalue weighted by Crippen LogP contribution is -2.26. The maximum Gasteiger partial charge on any atom is 0.342 e. The van der Waals surface area contributed by atoms with Crippen molar-refractivity contribution < 1.29 is 14.3 Å². The number of hydrogen-bond donors (Lipinski definition) is 1. The number of carbonyl (C=O) groups excluding carboxylic acids is 2. The number of ether oxygens (including phenoxy) is 1. The number of carbonyl (C=O) groups is 2. The maximum atomic E-state index is 13.1. The fourth-order valence-corrected chi connectivity index (χ4v) is 3.39. The Morgan fingerprint density at radius 3 is 2.52 bits per heavy atom. The molecule has 0 aliphatic rings. The van der Waals surface area contributed by atoms with E-state index in [9.17, 15) is 9.59 Å². The van der Waals surface area contributed by atoms with Gasteiger partial charge in [-0.15, -0.1) is 11.8 Å². The average Bonchev–Trinajstić information content (AvgIpc) is 2.74. The molecule has 1 aromatic heterocycles. The molecule has 29 heavy (non-hydrogen) atoms. The van der Waals surface area contributed by atoms with E-state index in [1.165, 1.54) is 11.8 Å².